The fraction of sp³-hybridized carbons (Fsp3) is 0.929. The Morgan fingerprint density at radius 3 is 2.30 bits per heavy atom. The Hall–Kier alpha value is -0.620. The summed E-state index contributed by atoms with van der Waals surface area (Å²) in [5, 5.41) is 2.73. The zero-order valence-corrected chi connectivity index (χ0v) is 14.1. The van der Waals surface area contributed by atoms with E-state index in [4.69, 9.17) is 0 Å². The molecular weight excluding hydrogens is 276 g/mol. The fourth-order valence-corrected chi connectivity index (χ4v) is 3.98. The minimum Gasteiger partial charge on any atom is -0.355 e. The van der Waals surface area contributed by atoms with Crippen LogP contribution in [0.4, 0.5) is 0 Å². The number of hydrogen-bond acceptors (Lipinski definition) is 3. The second kappa shape index (κ2) is 6.02. The quantitative estimate of drug-likeness (QED) is 0.783. The van der Waals surface area contributed by atoms with Crippen LogP contribution in [-0.2, 0) is 14.8 Å². The van der Waals surface area contributed by atoms with Crippen molar-refractivity contribution in [3.8, 4) is 0 Å². The van der Waals surface area contributed by atoms with E-state index in [0.717, 1.165) is 19.3 Å². The summed E-state index contributed by atoms with van der Waals surface area (Å²) in [5.41, 5.74) is -0.193. The number of carbonyl (C=O) groups excluding carboxylic acids is 1. The zero-order valence-electron chi connectivity index (χ0n) is 13.2. The van der Waals surface area contributed by atoms with Crippen LogP contribution in [0.3, 0.4) is 0 Å². The lowest BCUT2D eigenvalue weighted by molar-refractivity contribution is -0.132. The van der Waals surface area contributed by atoms with E-state index in [0.29, 0.717) is 5.41 Å². The molecule has 0 unspecified atom stereocenters. The van der Waals surface area contributed by atoms with Gasteiger partial charge in [-0.05, 0) is 39.0 Å². The first-order valence-corrected chi connectivity index (χ1v) is 8.91. The predicted octanol–water partition coefficient (Wildman–Crippen LogP) is 1.65. The summed E-state index contributed by atoms with van der Waals surface area (Å²) in [4.78, 5) is 11.9. The van der Waals surface area contributed by atoms with Crippen molar-refractivity contribution in [2.24, 2.45) is 11.3 Å². The van der Waals surface area contributed by atoms with Crippen molar-refractivity contribution in [1.29, 1.82) is 0 Å². The summed E-state index contributed by atoms with van der Waals surface area (Å²) in [5.74, 6) is -0.0338. The molecule has 1 fully saturated rings. The molecule has 1 amide bonds. The summed E-state index contributed by atoms with van der Waals surface area (Å²) in [6.45, 7) is 9.88. The molecule has 1 saturated carbocycles. The summed E-state index contributed by atoms with van der Waals surface area (Å²) in [6, 6.07) is 0. The highest BCUT2D eigenvalue weighted by Crippen LogP contribution is 2.47. The van der Waals surface area contributed by atoms with Crippen LogP contribution in [0, 0.1) is 11.3 Å². The number of nitrogens with one attached hydrogen (secondary N) is 2. The first kappa shape index (κ1) is 17.4. The fourth-order valence-electron chi connectivity index (χ4n) is 2.57. The first-order chi connectivity index (χ1) is 8.96. The van der Waals surface area contributed by atoms with Gasteiger partial charge in [-0.1, -0.05) is 20.3 Å². The highest BCUT2D eigenvalue weighted by molar-refractivity contribution is 7.89. The second-order valence-corrected chi connectivity index (χ2v) is 9.07. The van der Waals surface area contributed by atoms with Gasteiger partial charge in [-0.25, -0.2) is 13.1 Å². The topological polar surface area (TPSA) is 75.3 Å². The SMILES string of the molecule is CCC1(C)CC(C(=O)NCCS(=O)(=O)NC(C)(C)C)C1. The third-order valence-corrected chi connectivity index (χ3v) is 5.50. The molecule has 1 aliphatic rings. The normalized spacial score (nSPS) is 26.9. The molecule has 1 rings (SSSR count). The Kier molecular flexibility index (Phi) is 5.24. The van der Waals surface area contributed by atoms with Gasteiger partial charge < -0.3 is 5.32 Å². The zero-order chi connectivity index (χ0) is 15.6. The molecule has 118 valence electrons. The molecule has 0 heterocycles. The van der Waals surface area contributed by atoms with E-state index in [-0.39, 0.29) is 24.1 Å². The Morgan fingerprint density at radius 2 is 1.85 bits per heavy atom. The van der Waals surface area contributed by atoms with Gasteiger partial charge in [0.05, 0.1) is 5.75 Å². The molecule has 0 saturated heterocycles. The van der Waals surface area contributed by atoms with E-state index >= 15 is 0 Å². The Labute approximate surface area is 122 Å². The van der Waals surface area contributed by atoms with Crippen LogP contribution in [-0.4, -0.2) is 32.2 Å². The molecule has 2 N–H and O–H groups in total. The monoisotopic (exact) mass is 304 g/mol. The van der Waals surface area contributed by atoms with Gasteiger partial charge in [0.1, 0.15) is 0 Å². The third-order valence-electron chi connectivity index (χ3n) is 3.83. The maximum Gasteiger partial charge on any atom is 0.223 e. The van der Waals surface area contributed by atoms with E-state index in [1.807, 2.05) is 0 Å². The lowest BCUT2D eigenvalue weighted by atomic mass is 9.61. The minimum absolute atomic E-state index is 0.0121. The Morgan fingerprint density at radius 1 is 1.30 bits per heavy atom. The second-order valence-electron chi connectivity index (χ2n) is 7.23. The molecule has 0 aromatic carbocycles. The Balaban J connectivity index is 2.30. The maximum atomic E-state index is 11.9. The smallest absolute Gasteiger partial charge is 0.223 e. The van der Waals surface area contributed by atoms with Crippen molar-refractivity contribution in [2.45, 2.75) is 59.4 Å². The molecule has 0 aromatic heterocycles. The molecule has 0 spiro atoms. The Bertz CT molecular complexity index is 446. The van der Waals surface area contributed by atoms with Gasteiger partial charge in [0.25, 0.3) is 0 Å². The van der Waals surface area contributed by atoms with Gasteiger partial charge in [-0.3, -0.25) is 4.79 Å². The molecule has 0 aliphatic heterocycles. The highest BCUT2D eigenvalue weighted by atomic mass is 32.2. The molecule has 0 aromatic rings. The molecule has 20 heavy (non-hydrogen) atoms. The minimum atomic E-state index is -3.34. The van der Waals surface area contributed by atoms with Crippen molar-refractivity contribution in [1.82, 2.24) is 10.0 Å². The summed E-state index contributed by atoms with van der Waals surface area (Å²) in [6.07, 6.45) is 2.89. The largest absolute Gasteiger partial charge is 0.355 e. The van der Waals surface area contributed by atoms with Gasteiger partial charge in [0.2, 0.25) is 15.9 Å². The summed E-state index contributed by atoms with van der Waals surface area (Å²) >= 11 is 0. The van der Waals surface area contributed by atoms with Crippen molar-refractivity contribution < 1.29 is 13.2 Å². The molecule has 0 bridgehead atoms. The van der Waals surface area contributed by atoms with E-state index in [1.165, 1.54) is 0 Å². The number of rotatable bonds is 6. The van der Waals surface area contributed by atoms with E-state index in [9.17, 15) is 13.2 Å². The standard InChI is InChI=1S/C14H28N2O3S/c1-6-14(5)9-11(10-14)12(17)15-7-8-20(18,19)16-13(2,3)4/h11,16H,6-10H2,1-5H3,(H,15,17). The number of sulfonamides is 1. The average molecular weight is 304 g/mol. The maximum absolute atomic E-state index is 11.9. The lowest BCUT2D eigenvalue weighted by Crippen LogP contribution is -2.47. The number of carbonyl (C=O) groups is 1. The van der Waals surface area contributed by atoms with Gasteiger partial charge in [0, 0.05) is 18.0 Å². The highest BCUT2D eigenvalue weighted by Gasteiger charge is 2.42. The van der Waals surface area contributed by atoms with Gasteiger partial charge in [0.15, 0.2) is 0 Å². The van der Waals surface area contributed by atoms with Crippen molar-refractivity contribution >= 4 is 15.9 Å². The molecule has 0 atom stereocenters. The number of hydrogen-bond donors (Lipinski definition) is 2. The molecule has 0 radical (unpaired) electrons. The number of amides is 1. The van der Waals surface area contributed by atoms with Crippen LogP contribution >= 0.6 is 0 Å². The van der Waals surface area contributed by atoms with Crippen LogP contribution in [0.5, 0.6) is 0 Å². The summed E-state index contributed by atoms with van der Waals surface area (Å²) in [7, 11) is -3.34. The first-order valence-electron chi connectivity index (χ1n) is 7.26. The molecule has 6 heteroatoms. The molecular formula is C14H28N2O3S. The molecule has 1 aliphatic carbocycles. The van der Waals surface area contributed by atoms with Gasteiger partial charge >= 0.3 is 0 Å². The van der Waals surface area contributed by atoms with Crippen LogP contribution < -0.4 is 10.0 Å². The van der Waals surface area contributed by atoms with Crippen LogP contribution in [0.1, 0.15) is 53.9 Å². The average Bonchev–Trinajstić information content (AvgIpc) is 2.20. The predicted molar refractivity (Wildman–Crippen MR) is 80.8 cm³/mol. The van der Waals surface area contributed by atoms with Crippen molar-refractivity contribution in [3.63, 3.8) is 0 Å². The van der Waals surface area contributed by atoms with Crippen LogP contribution in [0.15, 0.2) is 0 Å². The van der Waals surface area contributed by atoms with Crippen LogP contribution in [0.2, 0.25) is 0 Å². The van der Waals surface area contributed by atoms with E-state index in [1.54, 1.807) is 20.8 Å². The third kappa shape index (κ3) is 5.40. The van der Waals surface area contributed by atoms with Crippen LogP contribution in [0.25, 0.3) is 0 Å². The van der Waals surface area contributed by atoms with Crippen molar-refractivity contribution in [3.05, 3.63) is 0 Å². The van der Waals surface area contributed by atoms with Gasteiger partial charge in [-0.15, -0.1) is 0 Å². The summed E-state index contributed by atoms with van der Waals surface area (Å²) < 4.78 is 26.1. The molecule has 5 nitrogen and oxygen atoms in total. The van der Waals surface area contributed by atoms with Crippen molar-refractivity contribution in [2.75, 3.05) is 12.3 Å². The van der Waals surface area contributed by atoms with E-state index in [2.05, 4.69) is 23.9 Å². The van der Waals surface area contributed by atoms with Gasteiger partial charge in [-0.2, -0.15) is 0 Å². The lowest BCUT2D eigenvalue weighted by Gasteiger charge is -2.43. The van der Waals surface area contributed by atoms with E-state index < -0.39 is 15.6 Å².